The lowest BCUT2D eigenvalue weighted by Crippen LogP contribution is -2.16. The molecule has 4 nitrogen and oxygen atoms in total. The highest BCUT2D eigenvalue weighted by molar-refractivity contribution is 8.00. The Morgan fingerprint density at radius 1 is 1.03 bits per heavy atom. The first-order valence-electron chi connectivity index (χ1n) is 10.2. The van der Waals surface area contributed by atoms with E-state index in [-0.39, 0.29) is 0 Å². The molecule has 0 saturated carbocycles. The Morgan fingerprint density at radius 2 is 1.97 bits per heavy atom. The van der Waals surface area contributed by atoms with Crippen LogP contribution in [0.5, 0.6) is 0 Å². The zero-order valence-corrected chi connectivity index (χ0v) is 18.0. The van der Waals surface area contributed by atoms with Crippen molar-refractivity contribution in [3.8, 4) is 0 Å². The molecule has 0 radical (unpaired) electrons. The molecule has 6 rings (SSSR count). The summed E-state index contributed by atoms with van der Waals surface area (Å²) in [6, 6.07) is 17.6. The third-order valence-corrected chi connectivity index (χ3v) is 8.14. The van der Waals surface area contributed by atoms with E-state index in [1.165, 1.54) is 37.1 Å². The van der Waals surface area contributed by atoms with Crippen LogP contribution in [0.15, 0.2) is 77.0 Å². The average Bonchev–Trinajstić information content (AvgIpc) is 3.53. The van der Waals surface area contributed by atoms with Crippen LogP contribution < -0.4 is 0 Å². The van der Waals surface area contributed by atoms with Crippen LogP contribution in [-0.4, -0.2) is 33.1 Å². The van der Waals surface area contributed by atoms with Crippen LogP contribution in [-0.2, 0) is 0 Å². The second-order valence-electron chi connectivity index (χ2n) is 7.62. The van der Waals surface area contributed by atoms with E-state index in [2.05, 4.69) is 62.8 Å². The van der Waals surface area contributed by atoms with Crippen LogP contribution in [0.1, 0.15) is 30.1 Å². The molecule has 2 aliphatic heterocycles. The maximum absolute atomic E-state index is 4.91. The van der Waals surface area contributed by atoms with Gasteiger partial charge in [0, 0.05) is 43.4 Å². The van der Waals surface area contributed by atoms with Crippen LogP contribution in [0.25, 0.3) is 20.2 Å². The minimum Gasteiger partial charge on any atom is -0.279 e. The Balaban J connectivity index is 1.29. The summed E-state index contributed by atoms with van der Waals surface area (Å²) >= 11 is 3.71. The minimum atomic E-state index is 0.356. The van der Waals surface area contributed by atoms with Crippen molar-refractivity contribution in [3.05, 3.63) is 83.3 Å². The van der Waals surface area contributed by atoms with Gasteiger partial charge in [0.25, 0.3) is 0 Å². The van der Waals surface area contributed by atoms with Gasteiger partial charge in [-0.1, -0.05) is 36.4 Å². The highest BCUT2D eigenvalue weighted by Crippen LogP contribution is 2.41. The predicted octanol–water partition coefficient (Wildman–Crippen LogP) is 6.02. The molecule has 1 saturated heterocycles. The molecule has 6 heteroatoms. The highest BCUT2D eigenvalue weighted by Gasteiger charge is 2.29. The third-order valence-electron chi connectivity index (χ3n) is 5.77. The largest absolute Gasteiger partial charge is 0.279 e. The topological polar surface area (TPSA) is 41.4 Å². The summed E-state index contributed by atoms with van der Waals surface area (Å²) in [5, 5.41) is 2.66. The Kier molecular flexibility index (Phi) is 4.63. The van der Waals surface area contributed by atoms with Crippen molar-refractivity contribution < 1.29 is 0 Å². The fourth-order valence-corrected chi connectivity index (χ4v) is 6.74. The van der Waals surface area contributed by atoms with E-state index >= 15 is 0 Å². The highest BCUT2D eigenvalue weighted by atomic mass is 32.2. The van der Waals surface area contributed by atoms with E-state index < -0.39 is 0 Å². The fraction of sp³-hybridized carbons (Fsp3) is 0.208. The molecule has 4 heterocycles. The average molecular weight is 429 g/mol. The first-order valence-corrected chi connectivity index (χ1v) is 11.8. The molecule has 2 aliphatic rings. The number of hydrogen-bond donors (Lipinski definition) is 0. The van der Waals surface area contributed by atoms with Gasteiger partial charge in [-0.2, -0.15) is 0 Å². The Labute approximate surface area is 183 Å². The van der Waals surface area contributed by atoms with Crippen molar-refractivity contribution in [1.82, 2.24) is 14.3 Å². The third kappa shape index (κ3) is 3.16. The second kappa shape index (κ2) is 7.61. The standard InChI is InChI=1S/C24H20N4S2/c1-2-9-23-17(5-1)18-6-3-7-19(24(18)29-23)21-13-16(14-26-21)30-28-12-4-8-22(28)20-10-11-25-15-27-20/h1-3,5-7,9-11,13,15,22H,4,8,12,14H2. The van der Waals surface area contributed by atoms with Crippen LogP contribution in [0.3, 0.4) is 0 Å². The molecule has 1 fully saturated rings. The Bertz CT molecular complexity index is 1290. The normalized spacial score (nSPS) is 19.5. The summed E-state index contributed by atoms with van der Waals surface area (Å²) in [5.41, 5.74) is 3.47. The Morgan fingerprint density at radius 3 is 2.90 bits per heavy atom. The number of fused-ring (bicyclic) bond motifs is 3. The Hall–Kier alpha value is -2.54. The molecule has 0 bridgehead atoms. The number of aliphatic imine (C=N–C) groups is 1. The zero-order chi connectivity index (χ0) is 19.9. The SMILES string of the molecule is C1=C(SN2CCCC2c2ccncn2)CN=C1c1cccc2c1sc1ccccc12. The summed E-state index contributed by atoms with van der Waals surface area (Å²) in [6.07, 6.45) is 8.11. The van der Waals surface area contributed by atoms with Gasteiger partial charge in [-0.05, 0) is 43.0 Å². The number of allylic oxidation sites excluding steroid dienone is 1. The van der Waals surface area contributed by atoms with Gasteiger partial charge in [0.05, 0.1) is 24.0 Å². The number of hydrogen-bond acceptors (Lipinski definition) is 6. The van der Waals surface area contributed by atoms with Crippen molar-refractivity contribution >= 4 is 49.2 Å². The molecule has 2 aromatic carbocycles. The number of aromatic nitrogens is 2. The lowest BCUT2D eigenvalue weighted by molar-refractivity contribution is 0.443. The maximum atomic E-state index is 4.91. The minimum absolute atomic E-state index is 0.356. The van der Waals surface area contributed by atoms with Crippen molar-refractivity contribution in [2.24, 2.45) is 4.99 Å². The number of thiophene rings is 1. The molecule has 4 aromatic rings. The smallest absolute Gasteiger partial charge is 0.115 e. The van der Waals surface area contributed by atoms with Crippen molar-refractivity contribution in [2.45, 2.75) is 18.9 Å². The van der Waals surface area contributed by atoms with Gasteiger partial charge < -0.3 is 0 Å². The molecule has 0 N–H and O–H groups in total. The molecule has 0 aliphatic carbocycles. The van der Waals surface area contributed by atoms with Crippen LogP contribution in [0, 0.1) is 0 Å². The first kappa shape index (κ1) is 18.2. The summed E-state index contributed by atoms with van der Waals surface area (Å²) < 4.78 is 5.13. The van der Waals surface area contributed by atoms with E-state index in [1.54, 1.807) is 6.33 Å². The van der Waals surface area contributed by atoms with Crippen LogP contribution >= 0.6 is 23.3 Å². The van der Waals surface area contributed by atoms with Crippen molar-refractivity contribution in [1.29, 1.82) is 0 Å². The molecular weight excluding hydrogens is 408 g/mol. The zero-order valence-electron chi connectivity index (χ0n) is 16.4. The number of nitrogens with zero attached hydrogens (tertiary/aromatic N) is 4. The summed E-state index contributed by atoms with van der Waals surface area (Å²) in [4.78, 5) is 14.8. The molecule has 1 unspecified atom stereocenters. The molecule has 148 valence electrons. The second-order valence-corrected chi connectivity index (χ2v) is 9.85. The van der Waals surface area contributed by atoms with E-state index in [0.717, 1.165) is 30.9 Å². The molecular formula is C24H20N4S2. The lowest BCUT2D eigenvalue weighted by Gasteiger charge is -2.22. The van der Waals surface area contributed by atoms with Crippen LogP contribution in [0.4, 0.5) is 0 Å². The van der Waals surface area contributed by atoms with Crippen molar-refractivity contribution in [3.63, 3.8) is 0 Å². The summed E-state index contributed by atoms with van der Waals surface area (Å²) in [5.74, 6) is 0. The van der Waals surface area contributed by atoms with E-state index in [4.69, 9.17) is 4.99 Å². The lowest BCUT2D eigenvalue weighted by atomic mass is 10.1. The first-order chi connectivity index (χ1) is 14.9. The monoisotopic (exact) mass is 428 g/mol. The van der Waals surface area contributed by atoms with Gasteiger partial charge >= 0.3 is 0 Å². The molecule has 1 atom stereocenters. The van der Waals surface area contributed by atoms with Crippen LogP contribution in [0.2, 0.25) is 0 Å². The molecule has 2 aromatic heterocycles. The maximum Gasteiger partial charge on any atom is 0.115 e. The van der Waals surface area contributed by atoms with Gasteiger partial charge in [0.1, 0.15) is 6.33 Å². The molecule has 30 heavy (non-hydrogen) atoms. The fourth-order valence-electron chi connectivity index (χ4n) is 4.37. The molecule has 0 spiro atoms. The van der Waals surface area contributed by atoms with Gasteiger partial charge in [0.2, 0.25) is 0 Å². The summed E-state index contributed by atoms with van der Waals surface area (Å²) in [6.45, 7) is 1.84. The van der Waals surface area contributed by atoms with Gasteiger partial charge in [-0.3, -0.25) is 4.99 Å². The molecule has 0 amide bonds. The quantitative estimate of drug-likeness (QED) is 0.373. The van der Waals surface area contributed by atoms with E-state index in [9.17, 15) is 0 Å². The van der Waals surface area contributed by atoms with Gasteiger partial charge in [-0.15, -0.1) is 11.3 Å². The van der Waals surface area contributed by atoms with Gasteiger partial charge in [0.15, 0.2) is 0 Å². The van der Waals surface area contributed by atoms with E-state index in [1.807, 2.05) is 35.5 Å². The van der Waals surface area contributed by atoms with Crippen molar-refractivity contribution in [2.75, 3.05) is 13.1 Å². The van der Waals surface area contributed by atoms with E-state index in [0.29, 0.717) is 6.04 Å². The van der Waals surface area contributed by atoms with Gasteiger partial charge in [-0.25, -0.2) is 14.3 Å². The number of benzene rings is 2. The summed E-state index contributed by atoms with van der Waals surface area (Å²) in [7, 11) is 0. The number of rotatable bonds is 4. The predicted molar refractivity (Wildman–Crippen MR) is 127 cm³/mol.